The Morgan fingerprint density at radius 3 is 2.17 bits per heavy atom. The molecule has 0 heterocycles. The molecule has 0 aromatic heterocycles. The number of carbonyl (C=O) groups excluding carboxylic acids is 2. The molecule has 0 fully saturated rings. The van der Waals surface area contributed by atoms with Crippen molar-refractivity contribution in [3.8, 4) is 5.75 Å². The van der Waals surface area contributed by atoms with Gasteiger partial charge in [0.15, 0.2) is 0 Å². The molecule has 0 aliphatic carbocycles. The van der Waals surface area contributed by atoms with Crippen LogP contribution in [0, 0.1) is 13.8 Å². The molecule has 3 aromatic carbocycles. The minimum absolute atomic E-state index is 0.0461. The Kier molecular flexibility index (Phi) is 10.3. The molecule has 1 N–H and O–H groups in total. The zero-order chi connectivity index (χ0) is 29.4. The van der Waals surface area contributed by atoms with Crippen LogP contribution in [0.2, 0.25) is 0 Å². The zero-order valence-electron chi connectivity index (χ0n) is 24.0. The first-order valence-corrected chi connectivity index (χ1v) is 14.8. The summed E-state index contributed by atoms with van der Waals surface area (Å²) in [6.45, 7) is 8.95. The minimum atomic E-state index is -4.18. The molecule has 0 aliphatic heterocycles. The van der Waals surface area contributed by atoms with Crippen LogP contribution in [0.15, 0.2) is 77.7 Å². The van der Waals surface area contributed by atoms with Crippen LogP contribution in [0.3, 0.4) is 0 Å². The third-order valence-electron chi connectivity index (χ3n) is 7.01. The summed E-state index contributed by atoms with van der Waals surface area (Å²) in [6.07, 6.45) is 0.737. The van der Waals surface area contributed by atoms with Crippen molar-refractivity contribution in [2.24, 2.45) is 0 Å². The highest BCUT2D eigenvalue weighted by Gasteiger charge is 2.34. The third-order valence-corrected chi connectivity index (χ3v) is 8.79. The lowest BCUT2D eigenvalue weighted by Gasteiger charge is -2.33. The van der Waals surface area contributed by atoms with E-state index in [9.17, 15) is 18.0 Å². The topological polar surface area (TPSA) is 96.0 Å². The summed E-state index contributed by atoms with van der Waals surface area (Å²) in [6, 6.07) is 19.8. The largest absolute Gasteiger partial charge is 0.495 e. The van der Waals surface area contributed by atoms with Gasteiger partial charge in [-0.1, -0.05) is 61.0 Å². The summed E-state index contributed by atoms with van der Waals surface area (Å²) < 4.78 is 34.5. The number of ether oxygens (including phenoxy) is 1. The van der Waals surface area contributed by atoms with Crippen LogP contribution in [0.25, 0.3) is 0 Å². The standard InChI is InChI=1S/C31H39N3O5S/c1-7-24(4)32-31(36)25(5)33(20-26-13-9-8-12-23(26)3)30(35)21-34(28-14-10-11-15-29(28)39-6)40(37,38)27-18-16-22(2)17-19-27/h8-19,24-25H,7,20-21H2,1-6H3,(H,32,36). The number of hydrogen-bond acceptors (Lipinski definition) is 5. The number of nitrogens with zero attached hydrogens (tertiary/aromatic N) is 2. The van der Waals surface area contributed by atoms with Gasteiger partial charge in [-0.05, 0) is 69.5 Å². The van der Waals surface area contributed by atoms with Crippen LogP contribution in [0.4, 0.5) is 5.69 Å². The van der Waals surface area contributed by atoms with Crippen molar-refractivity contribution in [2.75, 3.05) is 18.0 Å². The molecule has 0 radical (unpaired) electrons. The maximum absolute atomic E-state index is 14.1. The van der Waals surface area contributed by atoms with Gasteiger partial charge in [-0.3, -0.25) is 13.9 Å². The average Bonchev–Trinajstić information content (AvgIpc) is 2.95. The Morgan fingerprint density at radius 1 is 0.925 bits per heavy atom. The molecule has 40 heavy (non-hydrogen) atoms. The molecule has 2 unspecified atom stereocenters. The first-order chi connectivity index (χ1) is 19.0. The monoisotopic (exact) mass is 565 g/mol. The number of methoxy groups -OCH3 is 1. The second-order valence-corrected chi connectivity index (χ2v) is 11.8. The average molecular weight is 566 g/mol. The minimum Gasteiger partial charge on any atom is -0.495 e. The molecule has 0 saturated heterocycles. The molecule has 2 atom stereocenters. The smallest absolute Gasteiger partial charge is 0.264 e. The van der Waals surface area contributed by atoms with Crippen LogP contribution in [0.5, 0.6) is 5.75 Å². The fourth-order valence-corrected chi connectivity index (χ4v) is 5.63. The molecule has 3 rings (SSSR count). The number of sulfonamides is 1. The summed E-state index contributed by atoms with van der Waals surface area (Å²) in [4.78, 5) is 28.7. The number of para-hydroxylation sites is 2. The van der Waals surface area contributed by atoms with Crippen LogP contribution >= 0.6 is 0 Å². The fraction of sp³-hybridized carbons (Fsp3) is 0.355. The first-order valence-electron chi connectivity index (χ1n) is 13.4. The van der Waals surface area contributed by atoms with E-state index in [2.05, 4.69) is 5.32 Å². The van der Waals surface area contributed by atoms with Gasteiger partial charge in [0.1, 0.15) is 18.3 Å². The van der Waals surface area contributed by atoms with Crippen LogP contribution in [-0.2, 0) is 26.2 Å². The fourth-order valence-electron chi connectivity index (χ4n) is 4.21. The number of amides is 2. The van der Waals surface area contributed by atoms with E-state index in [0.717, 1.165) is 27.4 Å². The second kappa shape index (κ2) is 13.5. The van der Waals surface area contributed by atoms with E-state index in [0.29, 0.717) is 5.75 Å². The molecule has 9 heteroatoms. The molecule has 0 aliphatic rings. The lowest BCUT2D eigenvalue weighted by atomic mass is 10.1. The summed E-state index contributed by atoms with van der Waals surface area (Å²) in [5, 5.41) is 2.95. The quantitative estimate of drug-likeness (QED) is 0.339. The Balaban J connectivity index is 2.07. The highest BCUT2D eigenvalue weighted by atomic mass is 32.2. The number of benzene rings is 3. The number of anilines is 1. The van der Waals surface area contributed by atoms with Crippen molar-refractivity contribution in [2.45, 2.75) is 64.6 Å². The highest BCUT2D eigenvalue weighted by molar-refractivity contribution is 7.92. The SMILES string of the molecule is CCC(C)NC(=O)C(C)N(Cc1ccccc1C)C(=O)CN(c1ccccc1OC)S(=O)(=O)c1ccc(C)cc1. The molecule has 0 saturated carbocycles. The van der Waals surface area contributed by atoms with Crippen molar-refractivity contribution in [1.82, 2.24) is 10.2 Å². The number of hydrogen-bond donors (Lipinski definition) is 1. The van der Waals surface area contributed by atoms with E-state index < -0.39 is 28.5 Å². The van der Waals surface area contributed by atoms with E-state index in [4.69, 9.17) is 4.74 Å². The van der Waals surface area contributed by atoms with Gasteiger partial charge >= 0.3 is 0 Å². The summed E-state index contributed by atoms with van der Waals surface area (Å²) >= 11 is 0. The first kappa shape index (κ1) is 30.7. The van der Waals surface area contributed by atoms with E-state index in [1.807, 2.05) is 52.0 Å². The van der Waals surface area contributed by atoms with E-state index in [1.165, 1.54) is 24.1 Å². The van der Waals surface area contributed by atoms with E-state index >= 15 is 0 Å². The van der Waals surface area contributed by atoms with Gasteiger partial charge in [-0.25, -0.2) is 8.42 Å². The van der Waals surface area contributed by atoms with Gasteiger partial charge in [0.2, 0.25) is 11.8 Å². The van der Waals surface area contributed by atoms with Crippen molar-refractivity contribution in [3.63, 3.8) is 0 Å². The van der Waals surface area contributed by atoms with Gasteiger partial charge in [-0.2, -0.15) is 0 Å². The van der Waals surface area contributed by atoms with Crippen molar-refractivity contribution >= 4 is 27.5 Å². The summed E-state index contributed by atoms with van der Waals surface area (Å²) in [5.41, 5.74) is 2.96. The molecule has 8 nitrogen and oxygen atoms in total. The highest BCUT2D eigenvalue weighted by Crippen LogP contribution is 2.32. The Labute approximate surface area is 238 Å². The summed E-state index contributed by atoms with van der Waals surface area (Å²) in [5.74, 6) is -0.517. The maximum Gasteiger partial charge on any atom is 0.264 e. The summed E-state index contributed by atoms with van der Waals surface area (Å²) in [7, 11) is -2.73. The van der Waals surface area contributed by atoms with Crippen LogP contribution in [-0.4, -0.2) is 50.9 Å². The Bertz CT molecular complexity index is 1420. The van der Waals surface area contributed by atoms with E-state index in [-0.39, 0.29) is 29.1 Å². The van der Waals surface area contributed by atoms with Gasteiger partial charge in [0, 0.05) is 12.6 Å². The molecular weight excluding hydrogens is 526 g/mol. The Hall–Kier alpha value is -3.85. The predicted molar refractivity (Wildman–Crippen MR) is 158 cm³/mol. The molecule has 214 valence electrons. The van der Waals surface area contributed by atoms with Crippen molar-refractivity contribution < 1.29 is 22.7 Å². The molecule has 0 bridgehead atoms. The number of nitrogens with one attached hydrogen (secondary N) is 1. The molecule has 0 spiro atoms. The maximum atomic E-state index is 14.1. The lowest BCUT2D eigenvalue weighted by molar-refractivity contribution is -0.139. The van der Waals surface area contributed by atoms with Crippen molar-refractivity contribution in [3.05, 3.63) is 89.5 Å². The van der Waals surface area contributed by atoms with Crippen LogP contribution < -0.4 is 14.4 Å². The number of carbonyl (C=O) groups is 2. The second-order valence-electron chi connectivity index (χ2n) is 9.94. The van der Waals surface area contributed by atoms with Crippen molar-refractivity contribution in [1.29, 1.82) is 0 Å². The number of aryl methyl sites for hydroxylation is 2. The van der Waals surface area contributed by atoms with Crippen LogP contribution in [0.1, 0.15) is 43.9 Å². The predicted octanol–water partition coefficient (Wildman–Crippen LogP) is 4.84. The number of rotatable bonds is 12. The molecule has 3 aromatic rings. The normalized spacial score (nSPS) is 12.8. The van der Waals surface area contributed by atoms with E-state index in [1.54, 1.807) is 43.3 Å². The van der Waals surface area contributed by atoms with Gasteiger partial charge in [-0.15, -0.1) is 0 Å². The lowest BCUT2D eigenvalue weighted by Crippen LogP contribution is -2.52. The van der Waals surface area contributed by atoms with Gasteiger partial charge < -0.3 is 15.0 Å². The third kappa shape index (κ3) is 7.21. The van der Waals surface area contributed by atoms with Gasteiger partial charge in [0.05, 0.1) is 17.7 Å². The zero-order valence-corrected chi connectivity index (χ0v) is 24.9. The molecular formula is C31H39N3O5S. The Morgan fingerprint density at radius 2 is 1.55 bits per heavy atom. The molecule has 2 amide bonds. The van der Waals surface area contributed by atoms with Gasteiger partial charge in [0.25, 0.3) is 10.0 Å².